The highest BCUT2D eigenvalue weighted by atomic mass is 35.5. The molecule has 0 bridgehead atoms. The van der Waals surface area contributed by atoms with E-state index in [-0.39, 0.29) is 42.1 Å². The lowest BCUT2D eigenvalue weighted by Gasteiger charge is -2.19. The number of benzene rings is 2. The van der Waals surface area contributed by atoms with Crippen LogP contribution in [-0.4, -0.2) is 31.4 Å². The minimum atomic E-state index is -0.434. The molecule has 0 radical (unpaired) electrons. The molecule has 1 aliphatic rings. The minimum Gasteiger partial charge on any atom is -0.451 e. The van der Waals surface area contributed by atoms with Gasteiger partial charge in [-0.05, 0) is 50.3 Å². The number of halogens is 3. The highest BCUT2D eigenvalue weighted by Crippen LogP contribution is 2.29. The average Bonchev–Trinajstić information content (AvgIpc) is 3.02. The molecule has 0 spiro atoms. The summed E-state index contributed by atoms with van der Waals surface area (Å²) in [6, 6.07) is 11.0. The zero-order chi connectivity index (χ0) is 19.0. The van der Waals surface area contributed by atoms with Crippen LogP contribution in [0.1, 0.15) is 27.2 Å². The lowest BCUT2D eigenvalue weighted by molar-refractivity contribution is 0.0996. The molecule has 0 unspecified atom stereocenters. The first-order valence-corrected chi connectivity index (χ1v) is 9.02. The van der Waals surface area contributed by atoms with Crippen LogP contribution in [0.15, 0.2) is 40.8 Å². The summed E-state index contributed by atoms with van der Waals surface area (Å²) in [5, 5.41) is 6.82. The number of furan rings is 1. The molecule has 29 heavy (non-hydrogen) atoms. The van der Waals surface area contributed by atoms with Gasteiger partial charge in [0.2, 0.25) is 0 Å². The summed E-state index contributed by atoms with van der Waals surface area (Å²) < 4.78 is 20.7. The van der Waals surface area contributed by atoms with Crippen LogP contribution in [0.2, 0.25) is 0 Å². The number of carbonyl (C=O) groups excluding carboxylic acids is 1. The van der Waals surface area contributed by atoms with Crippen molar-refractivity contribution in [2.75, 3.05) is 26.0 Å². The van der Waals surface area contributed by atoms with Crippen LogP contribution in [-0.2, 0) is 19.5 Å². The standard InChI is InChI=1S/C21H22FN3O2.2ClH/c1-25(2)12-16-15-5-3-4-6-18(15)27-20(16)21(26)24-17-8-7-13-11-23-10-9-14(13)19(17)22;;/h3-8,23H,9-12H2,1-2H3,(H,24,26);2*1H. The molecule has 4 rings (SSSR count). The zero-order valence-corrected chi connectivity index (χ0v) is 17.9. The second kappa shape index (κ2) is 9.59. The number of nitrogens with one attached hydrogen (secondary N) is 2. The van der Waals surface area contributed by atoms with E-state index in [4.69, 9.17) is 4.42 Å². The summed E-state index contributed by atoms with van der Waals surface area (Å²) in [4.78, 5) is 14.9. The van der Waals surface area contributed by atoms with Crippen LogP contribution in [0.25, 0.3) is 11.0 Å². The quantitative estimate of drug-likeness (QED) is 0.633. The molecule has 8 heteroatoms. The Labute approximate surface area is 181 Å². The number of anilines is 1. The van der Waals surface area contributed by atoms with E-state index in [1.54, 1.807) is 6.07 Å². The van der Waals surface area contributed by atoms with Gasteiger partial charge in [0.1, 0.15) is 11.4 Å². The third-order valence-electron chi connectivity index (χ3n) is 4.83. The predicted molar refractivity (Wildman–Crippen MR) is 118 cm³/mol. The summed E-state index contributed by atoms with van der Waals surface area (Å²) in [5.41, 5.74) is 3.25. The molecular weight excluding hydrogens is 416 g/mol. The summed E-state index contributed by atoms with van der Waals surface area (Å²) >= 11 is 0. The number of carbonyl (C=O) groups is 1. The van der Waals surface area contributed by atoms with Crippen molar-refractivity contribution in [2.24, 2.45) is 0 Å². The maximum absolute atomic E-state index is 14.9. The minimum absolute atomic E-state index is 0. The molecule has 5 nitrogen and oxygen atoms in total. The molecule has 156 valence electrons. The first-order valence-electron chi connectivity index (χ1n) is 9.02. The Bertz CT molecular complexity index is 1020. The second-order valence-electron chi connectivity index (χ2n) is 7.09. The number of para-hydroxylation sites is 1. The molecule has 0 fully saturated rings. The maximum Gasteiger partial charge on any atom is 0.291 e. The zero-order valence-electron chi connectivity index (χ0n) is 16.3. The van der Waals surface area contributed by atoms with Gasteiger partial charge in [-0.3, -0.25) is 4.79 Å². The largest absolute Gasteiger partial charge is 0.451 e. The molecule has 1 amide bonds. The fourth-order valence-electron chi connectivity index (χ4n) is 3.56. The third kappa shape index (κ3) is 4.56. The highest BCUT2D eigenvalue weighted by Gasteiger charge is 2.23. The summed E-state index contributed by atoms with van der Waals surface area (Å²) in [5.74, 6) is -0.563. The topological polar surface area (TPSA) is 57.5 Å². The van der Waals surface area contributed by atoms with Crippen molar-refractivity contribution < 1.29 is 13.6 Å². The number of amides is 1. The number of fused-ring (bicyclic) bond motifs is 2. The van der Waals surface area contributed by atoms with Gasteiger partial charge >= 0.3 is 0 Å². The molecule has 0 saturated heterocycles. The first kappa shape index (κ1) is 23.2. The first-order chi connectivity index (χ1) is 13.0. The van der Waals surface area contributed by atoms with Crippen LogP contribution in [0.4, 0.5) is 10.1 Å². The predicted octanol–water partition coefficient (Wildman–Crippen LogP) is 4.38. The van der Waals surface area contributed by atoms with Crippen LogP contribution >= 0.6 is 24.8 Å². The SMILES string of the molecule is CN(C)Cc1c(C(=O)Nc2ccc3c(c2F)CCNC3)oc2ccccc12.Cl.Cl. The van der Waals surface area contributed by atoms with Gasteiger partial charge in [0.15, 0.2) is 5.76 Å². The van der Waals surface area contributed by atoms with Crippen molar-refractivity contribution >= 4 is 47.4 Å². The van der Waals surface area contributed by atoms with E-state index in [1.165, 1.54) is 0 Å². The third-order valence-corrected chi connectivity index (χ3v) is 4.83. The Morgan fingerprint density at radius 3 is 2.72 bits per heavy atom. The number of hydrogen-bond acceptors (Lipinski definition) is 4. The van der Waals surface area contributed by atoms with Crippen molar-refractivity contribution in [1.82, 2.24) is 10.2 Å². The molecule has 2 aromatic carbocycles. The lowest BCUT2D eigenvalue weighted by atomic mass is 9.99. The van der Waals surface area contributed by atoms with Crippen LogP contribution < -0.4 is 10.6 Å². The van der Waals surface area contributed by atoms with Crippen molar-refractivity contribution in [3.63, 3.8) is 0 Å². The van der Waals surface area contributed by atoms with Gasteiger partial charge in [-0.15, -0.1) is 24.8 Å². The Kier molecular flexibility index (Phi) is 7.66. The normalized spacial score (nSPS) is 12.8. The Morgan fingerprint density at radius 2 is 1.97 bits per heavy atom. The summed E-state index contributed by atoms with van der Waals surface area (Å²) in [6.07, 6.45) is 0.612. The molecule has 1 aromatic heterocycles. The molecule has 3 aromatic rings. The molecule has 0 aliphatic carbocycles. The van der Waals surface area contributed by atoms with Gasteiger partial charge in [-0.2, -0.15) is 0 Å². The molecule has 2 heterocycles. The van der Waals surface area contributed by atoms with Crippen LogP contribution in [0.3, 0.4) is 0 Å². The number of nitrogens with zero attached hydrogens (tertiary/aromatic N) is 1. The Balaban J connectivity index is 0.00000150. The van der Waals surface area contributed by atoms with Crippen molar-refractivity contribution in [2.45, 2.75) is 19.5 Å². The van der Waals surface area contributed by atoms with E-state index in [0.29, 0.717) is 30.7 Å². The van der Waals surface area contributed by atoms with Crippen molar-refractivity contribution in [3.8, 4) is 0 Å². The van der Waals surface area contributed by atoms with Gasteiger partial charge in [0.05, 0.1) is 5.69 Å². The number of rotatable bonds is 4. The van der Waals surface area contributed by atoms with E-state index in [1.807, 2.05) is 49.3 Å². The van der Waals surface area contributed by atoms with E-state index in [2.05, 4.69) is 10.6 Å². The molecule has 1 aliphatic heterocycles. The fourth-order valence-corrected chi connectivity index (χ4v) is 3.56. The lowest BCUT2D eigenvalue weighted by Crippen LogP contribution is -2.25. The Hall–Kier alpha value is -2.12. The highest BCUT2D eigenvalue weighted by molar-refractivity contribution is 6.06. The molecule has 0 atom stereocenters. The smallest absolute Gasteiger partial charge is 0.291 e. The Morgan fingerprint density at radius 1 is 1.21 bits per heavy atom. The summed E-state index contributed by atoms with van der Waals surface area (Å²) in [7, 11) is 3.86. The van der Waals surface area contributed by atoms with Crippen LogP contribution in [0.5, 0.6) is 0 Å². The number of hydrogen-bond donors (Lipinski definition) is 2. The maximum atomic E-state index is 14.9. The van der Waals surface area contributed by atoms with Crippen molar-refractivity contribution in [1.29, 1.82) is 0 Å². The fraction of sp³-hybridized carbons (Fsp3) is 0.286. The van der Waals surface area contributed by atoms with E-state index in [0.717, 1.165) is 23.1 Å². The second-order valence-corrected chi connectivity index (χ2v) is 7.09. The van der Waals surface area contributed by atoms with E-state index < -0.39 is 5.91 Å². The van der Waals surface area contributed by atoms with Gasteiger partial charge < -0.3 is 20.0 Å². The average molecular weight is 440 g/mol. The molecule has 0 saturated carbocycles. The van der Waals surface area contributed by atoms with Gasteiger partial charge in [0.25, 0.3) is 5.91 Å². The van der Waals surface area contributed by atoms with E-state index in [9.17, 15) is 9.18 Å². The van der Waals surface area contributed by atoms with E-state index >= 15 is 0 Å². The van der Waals surface area contributed by atoms with Gasteiger partial charge in [0, 0.05) is 24.0 Å². The van der Waals surface area contributed by atoms with Crippen LogP contribution in [0, 0.1) is 5.82 Å². The van der Waals surface area contributed by atoms with Gasteiger partial charge in [-0.1, -0.05) is 24.3 Å². The molecule has 2 N–H and O–H groups in total. The monoisotopic (exact) mass is 439 g/mol. The van der Waals surface area contributed by atoms with Gasteiger partial charge in [-0.25, -0.2) is 4.39 Å². The molecular formula is C21H24Cl2FN3O2. The summed E-state index contributed by atoms with van der Waals surface area (Å²) in [6.45, 7) is 1.94. The van der Waals surface area contributed by atoms with Crippen molar-refractivity contribution in [3.05, 3.63) is 64.7 Å².